The Kier molecular flexibility index (Phi) is 3.77. The molecular weight excluding hydrogens is 284 g/mol. The molecule has 0 spiro atoms. The van der Waals surface area contributed by atoms with Gasteiger partial charge in [-0.25, -0.2) is 0 Å². The molecule has 2 aliphatic rings. The van der Waals surface area contributed by atoms with Gasteiger partial charge in [0.05, 0.1) is 24.6 Å². The third-order valence-corrected chi connectivity index (χ3v) is 4.97. The van der Waals surface area contributed by atoms with E-state index in [1.807, 2.05) is 6.07 Å². The molecule has 0 amide bonds. The zero-order valence-electron chi connectivity index (χ0n) is 13.0. The van der Waals surface area contributed by atoms with Crippen LogP contribution < -0.4 is 5.32 Å². The molecule has 3 atom stereocenters. The topological polar surface area (TPSA) is 45.0 Å². The Hall–Kier alpha value is -2.31. The van der Waals surface area contributed by atoms with Gasteiger partial charge in [0.15, 0.2) is 0 Å². The van der Waals surface area contributed by atoms with Crippen LogP contribution in [0.15, 0.2) is 48.5 Å². The van der Waals surface area contributed by atoms with Crippen molar-refractivity contribution in [1.82, 2.24) is 0 Å². The summed E-state index contributed by atoms with van der Waals surface area (Å²) < 4.78 is 6.17. The summed E-state index contributed by atoms with van der Waals surface area (Å²) in [6.07, 6.45) is 2.86. The van der Waals surface area contributed by atoms with Crippen LogP contribution in [0.3, 0.4) is 0 Å². The van der Waals surface area contributed by atoms with Crippen LogP contribution in [0.5, 0.6) is 0 Å². The lowest BCUT2D eigenvalue weighted by Crippen LogP contribution is -2.36. The smallest absolute Gasteiger partial charge is 0.0895 e. The van der Waals surface area contributed by atoms with Crippen molar-refractivity contribution in [3.8, 4) is 6.07 Å². The number of hydrogen-bond acceptors (Lipinski definition) is 3. The van der Waals surface area contributed by atoms with Gasteiger partial charge < -0.3 is 10.1 Å². The molecule has 2 aromatic carbocycles. The highest BCUT2D eigenvalue weighted by Gasteiger charge is 2.39. The SMILES string of the molecule is N#CCc1ccc2c(c1)C1OCCCC1C(c1ccccc1)N2. The third-order valence-electron chi connectivity index (χ3n) is 4.97. The fourth-order valence-electron chi connectivity index (χ4n) is 3.91. The second-order valence-electron chi connectivity index (χ2n) is 6.39. The van der Waals surface area contributed by atoms with Gasteiger partial charge in [0.2, 0.25) is 0 Å². The molecule has 1 fully saturated rings. The van der Waals surface area contributed by atoms with Crippen molar-refractivity contribution < 1.29 is 4.74 Å². The normalized spacial score (nSPS) is 25.6. The van der Waals surface area contributed by atoms with Gasteiger partial charge in [0.1, 0.15) is 0 Å². The molecule has 0 saturated carbocycles. The van der Waals surface area contributed by atoms with Crippen molar-refractivity contribution in [2.45, 2.75) is 31.4 Å². The lowest BCUT2D eigenvalue weighted by atomic mass is 9.77. The minimum Gasteiger partial charge on any atom is -0.378 e. The second kappa shape index (κ2) is 6.06. The number of nitriles is 1. The minimum atomic E-state index is 0.129. The summed E-state index contributed by atoms with van der Waals surface area (Å²) in [5.41, 5.74) is 4.75. The Morgan fingerprint density at radius 3 is 2.87 bits per heavy atom. The highest BCUT2D eigenvalue weighted by atomic mass is 16.5. The fraction of sp³-hybridized carbons (Fsp3) is 0.350. The van der Waals surface area contributed by atoms with Crippen LogP contribution in [-0.2, 0) is 11.2 Å². The van der Waals surface area contributed by atoms with E-state index in [1.54, 1.807) is 0 Å². The Morgan fingerprint density at radius 2 is 2.04 bits per heavy atom. The summed E-state index contributed by atoms with van der Waals surface area (Å²) in [4.78, 5) is 0. The van der Waals surface area contributed by atoms with E-state index in [4.69, 9.17) is 10.00 Å². The Balaban J connectivity index is 1.75. The molecule has 3 heteroatoms. The molecule has 23 heavy (non-hydrogen) atoms. The number of hydrogen-bond donors (Lipinski definition) is 1. The summed E-state index contributed by atoms with van der Waals surface area (Å²) in [7, 11) is 0. The summed E-state index contributed by atoms with van der Waals surface area (Å²) >= 11 is 0. The van der Waals surface area contributed by atoms with Gasteiger partial charge >= 0.3 is 0 Å². The first-order valence-corrected chi connectivity index (χ1v) is 8.29. The van der Waals surface area contributed by atoms with Gasteiger partial charge in [-0.15, -0.1) is 0 Å². The third kappa shape index (κ3) is 2.60. The molecule has 4 rings (SSSR count). The molecule has 2 heterocycles. The highest BCUT2D eigenvalue weighted by Crippen LogP contribution is 2.49. The molecule has 1 saturated heterocycles. The molecule has 2 aliphatic heterocycles. The number of nitrogens with zero attached hydrogens (tertiary/aromatic N) is 1. The molecule has 2 aromatic rings. The largest absolute Gasteiger partial charge is 0.378 e. The molecule has 116 valence electrons. The maximum Gasteiger partial charge on any atom is 0.0895 e. The summed E-state index contributed by atoms with van der Waals surface area (Å²) in [6.45, 7) is 0.824. The number of nitrogens with one attached hydrogen (secondary N) is 1. The first-order chi connectivity index (χ1) is 11.4. The molecule has 3 unspecified atom stereocenters. The van der Waals surface area contributed by atoms with E-state index in [0.717, 1.165) is 24.3 Å². The average Bonchev–Trinajstić information content (AvgIpc) is 2.62. The standard InChI is InChI=1S/C20H20N2O/c21-11-10-14-8-9-18-17(13-14)20-16(7-4-12-23-20)19(22-18)15-5-2-1-3-6-15/h1-3,5-6,8-9,13,16,19-20,22H,4,7,10,12H2. The van der Waals surface area contributed by atoms with E-state index < -0.39 is 0 Å². The average molecular weight is 304 g/mol. The highest BCUT2D eigenvalue weighted by molar-refractivity contribution is 5.58. The number of benzene rings is 2. The maximum atomic E-state index is 8.95. The van der Waals surface area contributed by atoms with Crippen molar-refractivity contribution in [3.63, 3.8) is 0 Å². The fourth-order valence-corrected chi connectivity index (χ4v) is 3.91. The summed E-state index contributed by atoms with van der Waals surface area (Å²) in [5, 5.41) is 12.7. The van der Waals surface area contributed by atoms with Gasteiger partial charge in [-0.3, -0.25) is 0 Å². The Morgan fingerprint density at radius 1 is 1.17 bits per heavy atom. The van der Waals surface area contributed by atoms with Crippen LogP contribution in [-0.4, -0.2) is 6.61 Å². The van der Waals surface area contributed by atoms with Gasteiger partial charge in [-0.1, -0.05) is 42.5 Å². The monoisotopic (exact) mass is 304 g/mol. The lowest BCUT2D eigenvalue weighted by Gasteiger charge is -2.43. The number of fused-ring (bicyclic) bond motifs is 3. The Bertz CT molecular complexity index is 735. The number of anilines is 1. The molecule has 0 aromatic heterocycles. The molecule has 0 radical (unpaired) electrons. The summed E-state index contributed by atoms with van der Waals surface area (Å²) in [6, 6.07) is 19.5. The Labute approximate surface area is 136 Å². The van der Waals surface area contributed by atoms with E-state index >= 15 is 0 Å². The first kappa shape index (κ1) is 14.3. The second-order valence-corrected chi connectivity index (χ2v) is 6.39. The van der Waals surface area contributed by atoms with Crippen molar-refractivity contribution >= 4 is 5.69 Å². The van der Waals surface area contributed by atoms with Crippen LogP contribution in [0.25, 0.3) is 0 Å². The maximum absolute atomic E-state index is 8.95. The van der Waals surface area contributed by atoms with E-state index in [1.165, 1.54) is 17.5 Å². The molecular formula is C20H20N2O. The van der Waals surface area contributed by atoms with E-state index in [0.29, 0.717) is 12.3 Å². The molecule has 0 bridgehead atoms. The molecule has 0 aliphatic carbocycles. The van der Waals surface area contributed by atoms with Crippen LogP contribution in [0.4, 0.5) is 5.69 Å². The zero-order valence-corrected chi connectivity index (χ0v) is 13.0. The van der Waals surface area contributed by atoms with E-state index in [-0.39, 0.29) is 12.1 Å². The van der Waals surface area contributed by atoms with Gasteiger partial charge in [-0.05, 0) is 30.0 Å². The van der Waals surface area contributed by atoms with Crippen molar-refractivity contribution in [1.29, 1.82) is 5.26 Å². The van der Waals surface area contributed by atoms with Crippen LogP contribution in [0.1, 0.15) is 41.7 Å². The van der Waals surface area contributed by atoms with E-state index in [2.05, 4.69) is 53.9 Å². The predicted octanol–water partition coefficient (Wildman–Crippen LogP) is 4.39. The zero-order chi connectivity index (χ0) is 15.6. The van der Waals surface area contributed by atoms with Gasteiger partial charge in [-0.2, -0.15) is 5.26 Å². The first-order valence-electron chi connectivity index (χ1n) is 8.29. The van der Waals surface area contributed by atoms with Crippen molar-refractivity contribution in [2.75, 3.05) is 11.9 Å². The minimum absolute atomic E-state index is 0.129. The molecule has 1 N–H and O–H groups in total. The van der Waals surface area contributed by atoms with Crippen LogP contribution in [0.2, 0.25) is 0 Å². The van der Waals surface area contributed by atoms with Crippen molar-refractivity contribution in [3.05, 3.63) is 65.2 Å². The molecule has 3 nitrogen and oxygen atoms in total. The lowest BCUT2D eigenvalue weighted by molar-refractivity contribution is -0.0381. The van der Waals surface area contributed by atoms with Gasteiger partial charge in [0, 0.05) is 23.8 Å². The van der Waals surface area contributed by atoms with Crippen molar-refractivity contribution in [2.24, 2.45) is 5.92 Å². The van der Waals surface area contributed by atoms with Crippen LogP contribution in [0, 0.1) is 17.2 Å². The number of rotatable bonds is 2. The van der Waals surface area contributed by atoms with E-state index in [9.17, 15) is 0 Å². The van der Waals surface area contributed by atoms with Crippen LogP contribution >= 0.6 is 0 Å². The number of ether oxygens (including phenoxy) is 1. The predicted molar refractivity (Wildman–Crippen MR) is 90.0 cm³/mol. The quantitative estimate of drug-likeness (QED) is 0.895. The van der Waals surface area contributed by atoms with Gasteiger partial charge in [0.25, 0.3) is 0 Å². The summed E-state index contributed by atoms with van der Waals surface area (Å²) in [5.74, 6) is 0.441.